The quantitative estimate of drug-likeness (QED) is 0.912. The van der Waals surface area contributed by atoms with E-state index in [4.69, 9.17) is 4.74 Å². The van der Waals surface area contributed by atoms with Gasteiger partial charge in [-0.25, -0.2) is 0 Å². The summed E-state index contributed by atoms with van der Waals surface area (Å²) < 4.78 is 5.34. The smallest absolute Gasteiger partial charge is 0.219 e. The third kappa shape index (κ3) is 4.15. The molecule has 138 valence electrons. The molecule has 1 unspecified atom stereocenters. The SMILES string of the molecule is COc1ccc(CN2CCC3(CC2)CC(O)CN(C(C)=O)C3)cc1C. The van der Waals surface area contributed by atoms with E-state index in [1.807, 2.05) is 11.0 Å². The molecule has 3 rings (SSSR count). The van der Waals surface area contributed by atoms with Crippen LogP contribution in [0, 0.1) is 12.3 Å². The van der Waals surface area contributed by atoms with E-state index >= 15 is 0 Å². The highest BCUT2D eigenvalue weighted by Gasteiger charge is 2.42. The van der Waals surface area contributed by atoms with Crippen LogP contribution < -0.4 is 4.74 Å². The van der Waals surface area contributed by atoms with Gasteiger partial charge >= 0.3 is 0 Å². The van der Waals surface area contributed by atoms with Crippen molar-refractivity contribution in [3.8, 4) is 5.75 Å². The highest BCUT2D eigenvalue weighted by molar-refractivity contribution is 5.73. The highest BCUT2D eigenvalue weighted by atomic mass is 16.5. The van der Waals surface area contributed by atoms with Gasteiger partial charge in [-0.3, -0.25) is 9.69 Å². The first-order valence-corrected chi connectivity index (χ1v) is 9.20. The minimum Gasteiger partial charge on any atom is -0.496 e. The molecule has 0 radical (unpaired) electrons. The second-order valence-corrected chi connectivity index (χ2v) is 7.84. The lowest BCUT2D eigenvalue weighted by molar-refractivity contribution is -0.138. The molecule has 2 aliphatic heterocycles. The van der Waals surface area contributed by atoms with E-state index in [-0.39, 0.29) is 17.4 Å². The van der Waals surface area contributed by atoms with Gasteiger partial charge < -0.3 is 14.7 Å². The van der Waals surface area contributed by atoms with Gasteiger partial charge in [-0.15, -0.1) is 0 Å². The highest BCUT2D eigenvalue weighted by Crippen LogP contribution is 2.40. The summed E-state index contributed by atoms with van der Waals surface area (Å²) in [5.74, 6) is 1.01. The van der Waals surface area contributed by atoms with Crippen molar-refractivity contribution in [3.63, 3.8) is 0 Å². The molecular formula is C20H30N2O3. The van der Waals surface area contributed by atoms with Gasteiger partial charge in [-0.2, -0.15) is 0 Å². The number of β-amino-alcohol motifs (C(OH)–C–C–N with tert-alkyl or cyclic N) is 1. The molecule has 0 saturated carbocycles. The number of rotatable bonds is 3. The van der Waals surface area contributed by atoms with Gasteiger partial charge in [0, 0.05) is 26.6 Å². The summed E-state index contributed by atoms with van der Waals surface area (Å²) >= 11 is 0. The number of methoxy groups -OCH3 is 1. The first kappa shape index (κ1) is 18.2. The minimum absolute atomic E-state index is 0.0780. The zero-order valence-electron chi connectivity index (χ0n) is 15.6. The molecule has 0 aromatic heterocycles. The number of benzene rings is 1. The van der Waals surface area contributed by atoms with E-state index in [1.165, 1.54) is 11.1 Å². The molecule has 0 bridgehead atoms. The van der Waals surface area contributed by atoms with Gasteiger partial charge in [0.15, 0.2) is 0 Å². The van der Waals surface area contributed by atoms with Crippen LogP contribution in [0.25, 0.3) is 0 Å². The topological polar surface area (TPSA) is 53.0 Å². The number of carbonyl (C=O) groups is 1. The lowest BCUT2D eigenvalue weighted by atomic mass is 9.71. The first-order chi connectivity index (χ1) is 11.9. The number of amides is 1. The summed E-state index contributed by atoms with van der Waals surface area (Å²) in [5, 5.41) is 10.2. The standard InChI is InChI=1S/C20H30N2O3/c1-15-10-17(4-5-19(15)25-3)12-21-8-6-20(7-9-21)11-18(24)13-22(14-20)16(2)23/h4-5,10,18,24H,6-9,11-14H2,1-3H3. The average molecular weight is 346 g/mol. The maximum absolute atomic E-state index is 11.8. The molecule has 1 N–H and O–H groups in total. The zero-order valence-corrected chi connectivity index (χ0v) is 15.6. The number of nitrogens with zero attached hydrogens (tertiary/aromatic N) is 2. The van der Waals surface area contributed by atoms with Crippen molar-refractivity contribution in [1.82, 2.24) is 9.80 Å². The van der Waals surface area contributed by atoms with Crippen LogP contribution in [0.2, 0.25) is 0 Å². The van der Waals surface area contributed by atoms with Crippen LogP contribution >= 0.6 is 0 Å². The lowest BCUT2D eigenvalue weighted by Gasteiger charge is -2.49. The van der Waals surface area contributed by atoms with E-state index in [2.05, 4.69) is 24.0 Å². The Balaban J connectivity index is 1.60. The molecule has 5 heteroatoms. The molecule has 2 heterocycles. The van der Waals surface area contributed by atoms with Crippen LogP contribution in [0.4, 0.5) is 0 Å². The molecule has 1 aromatic rings. The Morgan fingerprint density at radius 3 is 2.68 bits per heavy atom. The van der Waals surface area contributed by atoms with Crippen LogP contribution in [0.3, 0.4) is 0 Å². The molecule has 1 spiro atoms. The average Bonchev–Trinajstić information content (AvgIpc) is 2.57. The Morgan fingerprint density at radius 2 is 2.08 bits per heavy atom. The first-order valence-electron chi connectivity index (χ1n) is 9.20. The van der Waals surface area contributed by atoms with Crippen molar-refractivity contribution < 1.29 is 14.6 Å². The minimum atomic E-state index is -0.381. The Morgan fingerprint density at radius 1 is 1.36 bits per heavy atom. The van der Waals surface area contributed by atoms with Crippen molar-refractivity contribution in [2.45, 2.75) is 45.8 Å². The fourth-order valence-corrected chi connectivity index (χ4v) is 4.44. The molecule has 25 heavy (non-hydrogen) atoms. The lowest BCUT2D eigenvalue weighted by Crippen LogP contribution is -2.54. The van der Waals surface area contributed by atoms with Gasteiger partial charge in [0.25, 0.3) is 0 Å². The van der Waals surface area contributed by atoms with Crippen LogP contribution in [0.5, 0.6) is 5.75 Å². The second kappa shape index (κ2) is 7.34. The van der Waals surface area contributed by atoms with Crippen LogP contribution in [-0.2, 0) is 11.3 Å². The maximum atomic E-state index is 11.8. The zero-order chi connectivity index (χ0) is 18.0. The Bertz CT molecular complexity index is 623. The summed E-state index contributed by atoms with van der Waals surface area (Å²) in [4.78, 5) is 16.1. The molecule has 1 atom stereocenters. The van der Waals surface area contributed by atoms with Gasteiger partial charge in [0.2, 0.25) is 5.91 Å². The summed E-state index contributed by atoms with van der Waals surface area (Å²) in [6.45, 7) is 7.95. The largest absolute Gasteiger partial charge is 0.496 e. The van der Waals surface area contributed by atoms with Gasteiger partial charge in [0.05, 0.1) is 13.2 Å². The van der Waals surface area contributed by atoms with E-state index < -0.39 is 0 Å². The van der Waals surface area contributed by atoms with Gasteiger partial charge in [0.1, 0.15) is 5.75 Å². The molecule has 2 saturated heterocycles. The van der Waals surface area contributed by atoms with Crippen LogP contribution in [0.15, 0.2) is 18.2 Å². The summed E-state index contributed by atoms with van der Waals surface area (Å²) in [5.41, 5.74) is 2.57. The molecule has 5 nitrogen and oxygen atoms in total. The number of aryl methyl sites for hydroxylation is 1. The Kier molecular flexibility index (Phi) is 5.35. The maximum Gasteiger partial charge on any atom is 0.219 e. The number of aliphatic hydroxyl groups is 1. The summed E-state index contributed by atoms with van der Waals surface area (Å²) in [7, 11) is 1.70. The number of hydrogen-bond donors (Lipinski definition) is 1. The van der Waals surface area contributed by atoms with E-state index in [0.717, 1.165) is 51.2 Å². The van der Waals surface area contributed by atoms with Gasteiger partial charge in [-0.1, -0.05) is 12.1 Å². The Hall–Kier alpha value is -1.59. The monoisotopic (exact) mass is 346 g/mol. The number of piperidine rings is 2. The molecule has 0 aliphatic carbocycles. The van der Waals surface area contributed by atoms with Crippen LogP contribution in [-0.4, -0.2) is 60.2 Å². The predicted molar refractivity (Wildman–Crippen MR) is 97.6 cm³/mol. The normalized spacial score (nSPS) is 23.7. The number of ether oxygens (including phenoxy) is 1. The fraction of sp³-hybridized carbons (Fsp3) is 0.650. The molecule has 1 aromatic carbocycles. The fourth-order valence-electron chi connectivity index (χ4n) is 4.44. The van der Waals surface area contributed by atoms with Crippen LogP contribution in [0.1, 0.15) is 37.3 Å². The molecular weight excluding hydrogens is 316 g/mol. The predicted octanol–water partition coefficient (Wildman–Crippen LogP) is 2.20. The van der Waals surface area contributed by atoms with Gasteiger partial charge in [-0.05, 0) is 61.9 Å². The summed E-state index contributed by atoms with van der Waals surface area (Å²) in [6.07, 6.45) is 2.53. The van der Waals surface area contributed by atoms with E-state index in [1.54, 1.807) is 14.0 Å². The molecule has 2 fully saturated rings. The molecule has 2 aliphatic rings. The number of likely N-dealkylation sites (tertiary alicyclic amines) is 2. The number of hydrogen-bond acceptors (Lipinski definition) is 4. The third-order valence-corrected chi connectivity index (χ3v) is 5.85. The van der Waals surface area contributed by atoms with Crippen molar-refractivity contribution >= 4 is 5.91 Å². The Labute approximate surface area is 150 Å². The van der Waals surface area contributed by atoms with Crippen molar-refractivity contribution in [3.05, 3.63) is 29.3 Å². The van der Waals surface area contributed by atoms with E-state index in [9.17, 15) is 9.90 Å². The van der Waals surface area contributed by atoms with Crippen molar-refractivity contribution in [2.75, 3.05) is 33.3 Å². The number of carbonyl (C=O) groups excluding carboxylic acids is 1. The third-order valence-electron chi connectivity index (χ3n) is 5.85. The summed E-state index contributed by atoms with van der Waals surface area (Å²) in [6, 6.07) is 6.38. The molecule has 1 amide bonds. The van der Waals surface area contributed by atoms with Crippen molar-refractivity contribution in [1.29, 1.82) is 0 Å². The van der Waals surface area contributed by atoms with E-state index in [0.29, 0.717) is 6.54 Å². The number of aliphatic hydroxyl groups excluding tert-OH is 1. The van der Waals surface area contributed by atoms with Crippen molar-refractivity contribution in [2.24, 2.45) is 5.41 Å². The second-order valence-electron chi connectivity index (χ2n) is 7.84.